The molecule has 1 aromatic carbocycles. The Morgan fingerprint density at radius 2 is 1.95 bits per heavy atom. The van der Waals surface area contributed by atoms with Gasteiger partial charge in [-0.05, 0) is 63.6 Å². The molecule has 1 atom stereocenters. The second-order valence-electron chi connectivity index (χ2n) is 11.0. The van der Waals surface area contributed by atoms with Gasteiger partial charge < -0.3 is 15.2 Å². The zero-order valence-corrected chi connectivity index (χ0v) is 22.5. The van der Waals surface area contributed by atoms with E-state index < -0.39 is 5.69 Å². The average molecular weight is 515 g/mol. The van der Waals surface area contributed by atoms with Crippen LogP contribution in [-0.2, 0) is 33.0 Å². The monoisotopic (exact) mass is 514 g/mol. The van der Waals surface area contributed by atoms with Gasteiger partial charge in [-0.2, -0.15) is 4.98 Å². The molecule has 4 heterocycles. The van der Waals surface area contributed by atoms with E-state index in [1.807, 2.05) is 24.5 Å². The molecule has 2 aliphatic rings. The number of piperidine rings is 1. The first kappa shape index (κ1) is 24.5. The second kappa shape index (κ2) is 9.20. The van der Waals surface area contributed by atoms with Crippen molar-refractivity contribution in [1.29, 1.82) is 0 Å². The lowest BCUT2D eigenvalue weighted by molar-refractivity contribution is 0.495. The van der Waals surface area contributed by atoms with E-state index in [0.717, 1.165) is 60.0 Å². The van der Waals surface area contributed by atoms with Crippen LogP contribution in [0.25, 0.3) is 22.1 Å². The molecule has 10 heteroatoms. The molecule has 0 bridgehead atoms. The highest BCUT2D eigenvalue weighted by Crippen LogP contribution is 2.30. The van der Waals surface area contributed by atoms with Crippen molar-refractivity contribution in [2.24, 2.45) is 12.8 Å². The van der Waals surface area contributed by atoms with E-state index in [9.17, 15) is 9.59 Å². The molecule has 4 aromatic rings. The Bertz CT molecular complexity index is 1740. The number of nitrogens with zero attached hydrogens (tertiary/aromatic N) is 7. The van der Waals surface area contributed by atoms with E-state index in [0.29, 0.717) is 36.0 Å². The Hall–Kier alpha value is -3.79. The zero-order chi connectivity index (χ0) is 26.7. The van der Waals surface area contributed by atoms with Gasteiger partial charge in [-0.25, -0.2) is 14.8 Å². The smallest absolute Gasteiger partial charge is 0.332 e. The molecule has 0 amide bonds. The molecule has 0 spiro atoms. The standard InChI is InChI=1S/C28H34N8O2/c1-16(2)9-11-35-24-25(32-27(35)34-10-5-6-19(29)14-34)33(4)28(38)36(26(24)37)15-22-30-20-8-7-18-12-17(3)13-21(31-22)23(18)20/h9,12-13,19H,5-8,10-11,14-15,29H2,1-4H3/t19-/m1/s1. The molecule has 1 aliphatic heterocycles. The van der Waals surface area contributed by atoms with Crippen LogP contribution in [-0.4, -0.2) is 47.8 Å². The highest BCUT2D eigenvalue weighted by Gasteiger charge is 2.27. The Labute approximate surface area is 220 Å². The molecule has 0 radical (unpaired) electrons. The maximum atomic E-state index is 14.0. The van der Waals surface area contributed by atoms with Crippen LogP contribution in [0.2, 0.25) is 0 Å². The minimum absolute atomic E-state index is 0.00537. The first-order valence-corrected chi connectivity index (χ1v) is 13.3. The SMILES string of the molecule is CC(C)=CCn1c(N2CCC[C@@H](N)C2)nc2c1c(=O)n(Cc1nc3c4c(cc(C)cc4n1)CC3)c(=O)n2C. The summed E-state index contributed by atoms with van der Waals surface area (Å²) in [7, 11) is 1.67. The fourth-order valence-corrected chi connectivity index (χ4v) is 5.86. The van der Waals surface area contributed by atoms with Gasteiger partial charge in [0.25, 0.3) is 5.56 Å². The first-order chi connectivity index (χ1) is 18.2. The third-order valence-electron chi connectivity index (χ3n) is 7.71. The number of nitrogens with two attached hydrogens (primary N) is 1. The van der Waals surface area contributed by atoms with Crippen LogP contribution in [0.4, 0.5) is 5.95 Å². The van der Waals surface area contributed by atoms with Gasteiger partial charge >= 0.3 is 5.69 Å². The predicted octanol–water partition coefficient (Wildman–Crippen LogP) is 2.19. The molecule has 6 rings (SSSR count). The summed E-state index contributed by atoms with van der Waals surface area (Å²) in [5.74, 6) is 1.15. The number of rotatable bonds is 5. The fourth-order valence-electron chi connectivity index (χ4n) is 5.86. The van der Waals surface area contributed by atoms with Crippen LogP contribution in [0.5, 0.6) is 0 Å². The zero-order valence-electron chi connectivity index (χ0n) is 22.5. The minimum atomic E-state index is -0.429. The summed E-state index contributed by atoms with van der Waals surface area (Å²) in [6, 6.07) is 4.29. The van der Waals surface area contributed by atoms with E-state index in [1.54, 1.807) is 7.05 Å². The van der Waals surface area contributed by atoms with Gasteiger partial charge in [0, 0.05) is 38.1 Å². The number of hydrogen-bond acceptors (Lipinski definition) is 7. The number of anilines is 1. The molecule has 3 aromatic heterocycles. The highest BCUT2D eigenvalue weighted by atomic mass is 16.2. The largest absolute Gasteiger partial charge is 0.341 e. The third kappa shape index (κ3) is 4.03. The number of aromatic nitrogens is 6. The van der Waals surface area contributed by atoms with E-state index in [4.69, 9.17) is 20.7 Å². The fraction of sp³-hybridized carbons (Fsp3) is 0.464. The summed E-state index contributed by atoms with van der Waals surface area (Å²) < 4.78 is 4.63. The summed E-state index contributed by atoms with van der Waals surface area (Å²) in [5.41, 5.74) is 11.7. The first-order valence-electron chi connectivity index (χ1n) is 13.3. The van der Waals surface area contributed by atoms with Crippen molar-refractivity contribution in [1.82, 2.24) is 28.7 Å². The quantitative estimate of drug-likeness (QED) is 0.406. The molecule has 10 nitrogen and oxygen atoms in total. The van der Waals surface area contributed by atoms with Gasteiger partial charge in [-0.15, -0.1) is 0 Å². The van der Waals surface area contributed by atoms with Crippen molar-refractivity contribution in [3.05, 3.63) is 67.3 Å². The van der Waals surface area contributed by atoms with Gasteiger partial charge in [-0.3, -0.25) is 13.9 Å². The molecule has 2 N–H and O–H groups in total. The van der Waals surface area contributed by atoms with Crippen LogP contribution in [0.3, 0.4) is 0 Å². The van der Waals surface area contributed by atoms with Crippen molar-refractivity contribution < 1.29 is 0 Å². The van der Waals surface area contributed by atoms with Gasteiger partial charge in [-0.1, -0.05) is 17.7 Å². The van der Waals surface area contributed by atoms with Crippen LogP contribution in [0.15, 0.2) is 33.4 Å². The van der Waals surface area contributed by atoms with Crippen molar-refractivity contribution in [2.75, 3.05) is 18.0 Å². The summed E-state index contributed by atoms with van der Waals surface area (Å²) >= 11 is 0. The molecule has 38 heavy (non-hydrogen) atoms. The number of fused-ring (bicyclic) bond motifs is 1. The molecule has 1 fully saturated rings. The number of benzene rings is 1. The lowest BCUT2D eigenvalue weighted by Gasteiger charge is -2.31. The topological polar surface area (TPSA) is 117 Å². The molecular formula is C28H34N8O2. The van der Waals surface area contributed by atoms with E-state index in [2.05, 4.69) is 24.0 Å². The number of allylic oxidation sites excluding steroid dienone is 2. The van der Waals surface area contributed by atoms with E-state index in [1.165, 1.54) is 14.7 Å². The van der Waals surface area contributed by atoms with Crippen LogP contribution < -0.4 is 21.9 Å². The molecule has 198 valence electrons. The van der Waals surface area contributed by atoms with Crippen molar-refractivity contribution in [3.63, 3.8) is 0 Å². The molecule has 0 unspecified atom stereocenters. The number of aryl methyl sites for hydroxylation is 4. The Morgan fingerprint density at radius 3 is 2.71 bits per heavy atom. The maximum Gasteiger partial charge on any atom is 0.332 e. The third-order valence-corrected chi connectivity index (χ3v) is 7.71. The predicted molar refractivity (Wildman–Crippen MR) is 149 cm³/mol. The number of hydrogen-bond donors (Lipinski definition) is 1. The maximum absolute atomic E-state index is 14.0. The highest BCUT2D eigenvalue weighted by molar-refractivity contribution is 5.87. The molecule has 1 saturated heterocycles. The summed E-state index contributed by atoms with van der Waals surface area (Å²) in [6.45, 7) is 8.07. The van der Waals surface area contributed by atoms with Crippen LogP contribution in [0.1, 0.15) is 49.3 Å². The Morgan fingerprint density at radius 1 is 1.13 bits per heavy atom. The van der Waals surface area contributed by atoms with E-state index in [-0.39, 0.29) is 18.1 Å². The van der Waals surface area contributed by atoms with Gasteiger partial charge in [0.15, 0.2) is 11.2 Å². The van der Waals surface area contributed by atoms with Crippen molar-refractivity contribution >= 4 is 28.0 Å². The summed E-state index contributed by atoms with van der Waals surface area (Å²) in [6.07, 6.45) is 5.76. The van der Waals surface area contributed by atoms with Gasteiger partial charge in [0.05, 0.1) is 17.8 Å². The van der Waals surface area contributed by atoms with Crippen LogP contribution >= 0.6 is 0 Å². The Balaban J connectivity index is 1.52. The lowest BCUT2D eigenvalue weighted by Crippen LogP contribution is -2.44. The van der Waals surface area contributed by atoms with Gasteiger partial charge in [0.1, 0.15) is 5.82 Å². The van der Waals surface area contributed by atoms with Crippen molar-refractivity contribution in [3.8, 4) is 0 Å². The molecular weight excluding hydrogens is 480 g/mol. The normalized spacial score (nSPS) is 17.1. The molecule has 1 aliphatic carbocycles. The van der Waals surface area contributed by atoms with Crippen LogP contribution in [0, 0.1) is 6.92 Å². The summed E-state index contributed by atoms with van der Waals surface area (Å²) in [4.78, 5) is 44.0. The molecule has 0 saturated carbocycles. The Kier molecular flexibility index (Phi) is 5.94. The average Bonchev–Trinajstić information content (AvgIpc) is 3.46. The summed E-state index contributed by atoms with van der Waals surface area (Å²) in [5, 5.41) is 1.11. The minimum Gasteiger partial charge on any atom is -0.341 e. The lowest BCUT2D eigenvalue weighted by atomic mass is 10.1. The second-order valence-corrected chi connectivity index (χ2v) is 11.0. The van der Waals surface area contributed by atoms with Gasteiger partial charge in [0.2, 0.25) is 5.95 Å². The van der Waals surface area contributed by atoms with E-state index >= 15 is 0 Å². The number of imidazole rings is 1. The van der Waals surface area contributed by atoms with Crippen molar-refractivity contribution in [2.45, 2.75) is 65.6 Å².